The second-order valence-electron chi connectivity index (χ2n) is 9.67. The summed E-state index contributed by atoms with van der Waals surface area (Å²) >= 11 is 6.32. The number of hydrogen-bond donors (Lipinski definition) is 3. The molecule has 6 nitrogen and oxygen atoms in total. The third kappa shape index (κ3) is 5.86. The molecule has 9 heteroatoms. The molecule has 0 bridgehead atoms. The standard InChI is InChI=1S/C24H27ClF2N2O4/c1-22(2,13-30)17-10-18(25)15(9-20(17)32)8-16(31)6-14-4-5-28-19(7-14)21(33)29-23(3)11-24(26,27)12-23/h4-5,7,9-10,30,32H,6,8,11-13H2,1-3H3,(H,29,33). The molecule has 1 fully saturated rings. The number of carbonyl (C=O) groups excluding carboxylic acids is 2. The van der Waals surface area contributed by atoms with Gasteiger partial charge in [-0.2, -0.15) is 0 Å². The zero-order valence-corrected chi connectivity index (χ0v) is 19.5. The van der Waals surface area contributed by atoms with E-state index in [9.17, 15) is 28.6 Å². The smallest absolute Gasteiger partial charge is 0.270 e. The molecule has 33 heavy (non-hydrogen) atoms. The number of pyridine rings is 1. The average molecular weight is 481 g/mol. The number of Topliss-reactive ketones (excluding diaryl/α,β-unsaturated/α-hetero) is 1. The summed E-state index contributed by atoms with van der Waals surface area (Å²) in [5.74, 6) is -3.60. The molecular formula is C24H27ClF2N2O4. The van der Waals surface area contributed by atoms with Crippen molar-refractivity contribution < 1.29 is 28.6 Å². The Morgan fingerprint density at radius 3 is 2.48 bits per heavy atom. The molecule has 0 unspecified atom stereocenters. The molecule has 0 aliphatic heterocycles. The van der Waals surface area contributed by atoms with E-state index in [1.54, 1.807) is 32.9 Å². The first-order chi connectivity index (χ1) is 15.2. The van der Waals surface area contributed by atoms with Crippen molar-refractivity contribution in [1.82, 2.24) is 10.3 Å². The molecule has 1 aromatic carbocycles. The van der Waals surface area contributed by atoms with Crippen LogP contribution in [0.2, 0.25) is 5.02 Å². The fourth-order valence-electron chi connectivity index (χ4n) is 4.10. The molecular weight excluding hydrogens is 454 g/mol. The zero-order chi connectivity index (χ0) is 24.6. The number of nitrogens with zero attached hydrogens (tertiary/aromatic N) is 1. The Morgan fingerprint density at radius 1 is 1.21 bits per heavy atom. The SMILES string of the molecule is CC1(NC(=O)c2cc(CC(=O)Cc3cc(O)c(C(C)(C)CO)cc3Cl)ccn2)CC(F)(F)C1. The van der Waals surface area contributed by atoms with Crippen LogP contribution in [0.5, 0.6) is 5.75 Å². The van der Waals surface area contributed by atoms with Crippen molar-refractivity contribution in [3.63, 3.8) is 0 Å². The van der Waals surface area contributed by atoms with E-state index < -0.39 is 35.6 Å². The van der Waals surface area contributed by atoms with Crippen molar-refractivity contribution in [2.45, 2.75) is 63.3 Å². The van der Waals surface area contributed by atoms with Crippen LogP contribution in [0.3, 0.4) is 0 Å². The fourth-order valence-corrected chi connectivity index (χ4v) is 4.33. The van der Waals surface area contributed by atoms with Gasteiger partial charge < -0.3 is 15.5 Å². The Morgan fingerprint density at radius 2 is 1.88 bits per heavy atom. The second-order valence-corrected chi connectivity index (χ2v) is 10.1. The van der Waals surface area contributed by atoms with Gasteiger partial charge >= 0.3 is 0 Å². The van der Waals surface area contributed by atoms with Gasteiger partial charge in [0.25, 0.3) is 11.8 Å². The second kappa shape index (κ2) is 8.99. The fraction of sp³-hybridized carbons (Fsp3) is 0.458. The van der Waals surface area contributed by atoms with Crippen LogP contribution in [0.1, 0.15) is 60.8 Å². The number of amides is 1. The number of benzene rings is 1. The van der Waals surface area contributed by atoms with Gasteiger partial charge in [-0.15, -0.1) is 0 Å². The molecule has 1 aliphatic carbocycles. The largest absolute Gasteiger partial charge is 0.508 e. The first-order valence-corrected chi connectivity index (χ1v) is 10.9. The molecule has 1 saturated carbocycles. The molecule has 0 radical (unpaired) electrons. The normalized spacial score (nSPS) is 16.7. The summed E-state index contributed by atoms with van der Waals surface area (Å²) in [7, 11) is 0. The van der Waals surface area contributed by atoms with Gasteiger partial charge in [0.2, 0.25) is 0 Å². The lowest BCUT2D eigenvalue weighted by atomic mass is 9.75. The third-order valence-electron chi connectivity index (χ3n) is 5.85. The number of halogens is 3. The molecule has 178 valence electrons. The van der Waals surface area contributed by atoms with Gasteiger partial charge in [0.1, 0.15) is 17.2 Å². The Hall–Kier alpha value is -2.58. The molecule has 2 aromatic rings. The molecule has 0 spiro atoms. The summed E-state index contributed by atoms with van der Waals surface area (Å²) in [5, 5.41) is 22.8. The number of carbonyl (C=O) groups is 2. The number of hydrogen-bond acceptors (Lipinski definition) is 5. The highest BCUT2D eigenvalue weighted by atomic mass is 35.5. The number of ketones is 1. The Bertz CT molecular complexity index is 1080. The average Bonchev–Trinajstić information content (AvgIpc) is 2.68. The molecule has 3 N–H and O–H groups in total. The predicted octanol–water partition coefficient (Wildman–Crippen LogP) is 3.98. The van der Waals surface area contributed by atoms with Crippen LogP contribution in [0.25, 0.3) is 0 Å². The van der Waals surface area contributed by atoms with E-state index in [0.717, 1.165) is 0 Å². The van der Waals surface area contributed by atoms with Crippen LogP contribution < -0.4 is 5.32 Å². The Labute approximate surface area is 196 Å². The van der Waals surface area contributed by atoms with Crippen molar-refractivity contribution in [2.24, 2.45) is 0 Å². The minimum Gasteiger partial charge on any atom is -0.508 e. The van der Waals surface area contributed by atoms with Crippen molar-refractivity contribution in [1.29, 1.82) is 0 Å². The molecule has 1 heterocycles. The first-order valence-electron chi connectivity index (χ1n) is 10.5. The highest BCUT2D eigenvalue weighted by Crippen LogP contribution is 2.45. The van der Waals surface area contributed by atoms with Gasteiger partial charge in [0, 0.05) is 53.4 Å². The lowest BCUT2D eigenvalue weighted by Crippen LogP contribution is -2.60. The lowest BCUT2D eigenvalue weighted by Gasteiger charge is -2.45. The highest BCUT2D eigenvalue weighted by molar-refractivity contribution is 6.31. The summed E-state index contributed by atoms with van der Waals surface area (Å²) in [4.78, 5) is 29.1. The molecule has 0 atom stereocenters. The highest BCUT2D eigenvalue weighted by Gasteiger charge is 2.54. The number of alkyl halides is 2. The van der Waals surface area contributed by atoms with Gasteiger partial charge in [-0.1, -0.05) is 25.4 Å². The van der Waals surface area contributed by atoms with Gasteiger partial charge in [-0.3, -0.25) is 14.6 Å². The minimum absolute atomic E-state index is 0.000879. The minimum atomic E-state index is -2.77. The van der Waals surface area contributed by atoms with Crippen LogP contribution in [-0.2, 0) is 23.1 Å². The summed E-state index contributed by atoms with van der Waals surface area (Å²) in [6, 6.07) is 6.03. The maximum atomic E-state index is 13.2. The van der Waals surface area contributed by atoms with E-state index in [2.05, 4.69) is 10.3 Å². The van der Waals surface area contributed by atoms with E-state index in [-0.39, 0.29) is 36.7 Å². The molecule has 1 amide bonds. The summed E-state index contributed by atoms with van der Waals surface area (Å²) in [5.41, 5.74) is -0.164. The van der Waals surface area contributed by atoms with Crippen molar-refractivity contribution in [3.8, 4) is 5.75 Å². The quantitative estimate of drug-likeness (QED) is 0.530. The number of aromatic hydroxyl groups is 1. The topological polar surface area (TPSA) is 99.5 Å². The first kappa shape index (κ1) is 25.1. The van der Waals surface area contributed by atoms with Crippen molar-refractivity contribution >= 4 is 23.3 Å². The monoisotopic (exact) mass is 480 g/mol. The van der Waals surface area contributed by atoms with Gasteiger partial charge in [-0.25, -0.2) is 8.78 Å². The van der Waals surface area contributed by atoms with Crippen LogP contribution in [0.4, 0.5) is 8.78 Å². The number of aliphatic hydroxyl groups excluding tert-OH is 1. The zero-order valence-electron chi connectivity index (χ0n) is 18.7. The number of rotatable bonds is 8. The number of aromatic nitrogens is 1. The predicted molar refractivity (Wildman–Crippen MR) is 120 cm³/mol. The molecule has 3 rings (SSSR count). The van der Waals surface area contributed by atoms with Gasteiger partial charge in [-0.05, 0) is 42.3 Å². The van der Waals surface area contributed by atoms with Crippen molar-refractivity contribution in [3.05, 3.63) is 57.9 Å². The number of phenolic OH excluding ortho intramolecular Hbond substituents is 1. The third-order valence-corrected chi connectivity index (χ3v) is 6.20. The molecule has 0 saturated heterocycles. The summed E-state index contributed by atoms with van der Waals surface area (Å²) < 4.78 is 26.4. The van der Waals surface area contributed by atoms with E-state index in [1.807, 2.05) is 0 Å². The maximum Gasteiger partial charge on any atom is 0.270 e. The van der Waals surface area contributed by atoms with Gasteiger partial charge in [0.15, 0.2) is 0 Å². The number of nitrogens with one attached hydrogen (secondary N) is 1. The van der Waals surface area contributed by atoms with E-state index in [4.69, 9.17) is 11.6 Å². The van der Waals surface area contributed by atoms with Gasteiger partial charge in [0.05, 0.1) is 6.61 Å². The van der Waals surface area contributed by atoms with E-state index in [0.29, 0.717) is 21.7 Å². The maximum absolute atomic E-state index is 13.2. The Kier molecular flexibility index (Phi) is 6.82. The summed E-state index contributed by atoms with van der Waals surface area (Å²) in [6.07, 6.45) is 0.500. The lowest BCUT2D eigenvalue weighted by molar-refractivity contribution is -0.124. The van der Waals surface area contributed by atoms with E-state index >= 15 is 0 Å². The van der Waals surface area contributed by atoms with Crippen molar-refractivity contribution in [2.75, 3.05) is 6.61 Å². The van der Waals surface area contributed by atoms with E-state index in [1.165, 1.54) is 18.3 Å². The van der Waals surface area contributed by atoms with Crippen LogP contribution in [-0.4, -0.2) is 45.0 Å². The van der Waals surface area contributed by atoms with Crippen LogP contribution in [0.15, 0.2) is 30.5 Å². The summed E-state index contributed by atoms with van der Waals surface area (Å²) in [6.45, 7) is 4.89. The Balaban J connectivity index is 1.67. The van der Waals surface area contributed by atoms with Crippen LogP contribution >= 0.6 is 11.6 Å². The number of phenols is 1. The molecule has 1 aliphatic rings. The molecule has 1 aromatic heterocycles. The van der Waals surface area contributed by atoms with Crippen LogP contribution in [0, 0.1) is 0 Å². The number of aliphatic hydroxyl groups is 1.